The van der Waals surface area contributed by atoms with Crippen molar-refractivity contribution in [2.24, 2.45) is 5.92 Å². The van der Waals surface area contributed by atoms with E-state index in [0.717, 1.165) is 6.07 Å². The number of benzene rings is 2. The zero-order chi connectivity index (χ0) is 28.9. The molecule has 0 spiro atoms. The van der Waals surface area contributed by atoms with Crippen LogP contribution >= 0.6 is 0 Å². The summed E-state index contributed by atoms with van der Waals surface area (Å²) in [7, 11) is -1.99. The Kier molecular flexibility index (Phi) is 7.55. The summed E-state index contributed by atoms with van der Waals surface area (Å²) in [6, 6.07) is 6.29. The first kappa shape index (κ1) is 29.0. The maximum Gasteiger partial charge on any atom is 0.343 e. The van der Waals surface area contributed by atoms with Crippen molar-refractivity contribution in [2.45, 2.75) is 71.7 Å². The van der Waals surface area contributed by atoms with Gasteiger partial charge in [0.15, 0.2) is 19.7 Å². The number of hydrogen-bond donors (Lipinski definition) is 1. The van der Waals surface area contributed by atoms with Gasteiger partial charge in [-0.25, -0.2) is 13.6 Å². The van der Waals surface area contributed by atoms with Gasteiger partial charge in [0, 0.05) is 18.0 Å². The van der Waals surface area contributed by atoms with E-state index in [-0.39, 0.29) is 39.8 Å². The van der Waals surface area contributed by atoms with Gasteiger partial charge in [-0.2, -0.15) is 0 Å². The van der Waals surface area contributed by atoms with Crippen molar-refractivity contribution < 1.29 is 31.9 Å². The number of esters is 1. The zero-order valence-electron chi connectivity index (χ0n) is 23.9. The molecule has 0 fully saturated rings. The van der Waals surface area contributed by atoms with E-state index in [9.17, 15) is 18.4 Å². The maximum atomic E-state index is 14.1. The highest BCUT2D eigenvalue weighted by atomic mass is 28.4. The van der Waals surface area contributed by atoms with Crippen LogP contribution in [-0.2, 0) is 14.8 Å². The molecular weight excluding hydrogens is 520 g/mol. The Hall–Kier alpha value is -3.04. The molecule has 1 N–H and O–H groups in total. The largest absolute Gasteiger partial charge is 0.455 e. The number of rotatable bonds is 8. The Morgan fingerprint density at radius 1 is 1.08 bits per heavy atom. The molecule has 210 valence electrons. The molecule has 2 aromatic carbocycles. The van der Waals surface area contributed by atoms with Crippen LogP contribution in [-0.4, -0.2) is 33.3 Å². The summed E-state index contributed by atoms with van der Waals surface area (Å²) in [5, 5.41) is 3.28. The smallest absolute Gasteiger partial charge is 0.343 e. The van der Waals surface area contributed by atoms with Crippen LogP contribution < -0.4 is 5.32 Å². The molecule has 6 nitrogen and oxygen atoms in total. The van der Waals surface area contributed by atoms with Gasteiger partial charge in [-0.1, -0.05) is 34.6 Å². The van der Waals surface area contributed by atoms with Crippen molar-refractivity contribution in [1.82, 2.24) is 5.32 Å². The minimum Gasteiger partial charge on any atom is -0.455 e. The predicted molar refractivity (Wildman–Crippen MR) is 149 cm³/mol. The molecule has 0 saturated heterocycles. The van der Waals surface area contributed by atoms with Crippen molar-refractivity contribution >= 4 is 31.2 Å². The van der Waals surface area contributed by atoms with E-state index in [1.165, 1.54) is 18.2 Å². The normalized spacial score (nSPS) is 17.6. The number of halogens is 2. The number of fused-ring (bicyclic) bond motifs is 3. The molecule has 1 aromatic heterocycles. The van der Waals surface area contributed by atoms with Crippen LogP contribution in [0.5, 0.6) is 0 Å². The molecule has 1 amide bonds. The van der Waals surface area contributed by atoms with Gasteiger partial charge in [-0.05, 0) is 72.8 Å². The number of furan rings is 1. The van der Waals surface area contributed by atoms with E-state index in [1.54, 1.807) is 13.0 Å². The molecule has 1 atom stereocenters. The number of cyclic esters (lactones) is 1. The first-order valence-electron chi connectivity index (χ1n) is 13.3. The molecule has 2 heterocycles. The average molecular weight is 558 g/mol. The third kappa shape index (κ3) is 5.65. The molecule has 1 unspecified atom stereocenters. The Morgan fingerprint density at radius 2 is 1.69 bits per heavy atom. The molecule has 0 bridgehead atoms. The summed E-state index contributed by atoms with van der Waals surface area (Å²) in [5.41, 5.74) is 0.245. The second kappa shape index (κ2) is 10.2. The fourth-order valence-electron chi connectivity index (χ4n) is 4.83. The predicted octanol–water partition coefficient (Wildman–Crippen LogP) is 7.56. The highest BCUT2D eigenvalue weighted by Crippen LogP contribution is 2.47. The number of ether oxygens (including phenoxy) is 1. The van der Waals surface area contributed by atoms with Gasteiger partial charge < -0.3 is 18.9 Å². The topological polar surface area (TPSA) is 77.8 Å². The Labute approximate surface area is 229 Å². The van der Waals surface area contributed by atoms with E-state index < -0.39 is 37.4 Å². The Morgan fingerprint density at radius 3 is 2.28 bits per heavy atom. The second-order valence-electron chi connectivity index (χ2n) is 12.4. The van der Waals surface area contributed by atoms with Crippen LogP contribution in [0, 0.1) is 17.6 Å². The van der Waals surface area contributed by atoms with Crippen molar-refractivity contribution in [3.63, 3.8) is 0 Å². The molecule has 4 rings (SSSR count). The average Bonchev–Trinajstić information content (AvgIpc) is 3.30. The van der Waals surface area contributed by atoms with E-state index in [2.05, 4.69) is 39.2 Å². The van der Waals surface area contributed by atoms with E-state index in [0.29, 0.717) is 29.7 Å². The van der Waals surface area contributed by atoms with Crippen LogP contribution in [0.2, 0.25) is 18.1 Å². The fraction of sp³-hybridized carbons (Fsp3) is 0.467. The number of nitrogens with one attached hydrogen (secondary N) is 1. The van der Waals surface area contributed by atoms with Gasteiger partial charge in [0.2, 0.25) is 0 Å². The first-order valence-corrected chi connectivity index (χ1v) is 16.2. The lowest BCUT2D eigenvalue weighted by atomic mass is 9.91. The van der Waals surface area contributed by atoms with Crippen LogP contribution in [0.4, 0.5) is 8.78 Å². The summed E-state index contributed by atoms with van der Waals surface area (Å²) < 4.78 is 46.3. The summed E-state index contributed by atoms with van der Waals surface area (Å²) >= 11 is 0. The summed E-state index contributed by atoms with van der Waals surface area (Å²) in [6.07, 6.45) is 0.528. The van der Waals surface area contributed by atoms with Gasteiger partial charge in [-0.3, -0.25) is 4.79 Å². The standard InChI is InChI=1S/C30H37F2NO5Si/c1-17(2)16-30(6)26-24(28(35)38-30)22-13-19(18-11-20(31)15-21(32)12-18)14-23(25(22)37-26)27(34)33-9-10-36-39(7,8)29(3,4)5/h11-15,17H,9-10,16H2,1-8H3,(H,33,34). The van der Waals surface area contributed by atoms with Crippen molar-refractivity contribution in [2.75, 3.05) is 13.2 Å². The second-order valence-corrected chi connectivity index (χ2v) is 17.3. The molecule has 3 aromatic rings. The van der Waals surface area contributed by atoms with E-state index in [1.807, 2.05) is 13.8 Å². The lowest BCUT2D eigenvalue weighted by Crippen LogP contribution is -2.42. The number of carbonyl (C=O) groups excluding carboxylic acids is 2. The van der Waals surface area contributed by atoms with E-state index in [4.69, 9.17) is 13.6 Å². The minimum absolute atomic E-state index is 0.0315. The number of amides is 1. The quantitative estimate of drug-likeness (QED) is 0.176. The maximum absolute atomic E-state index is 14.1. The van der Waals surface area contributed by atoms with Crippen LogP contribution in [0.15, 0.2) is 34.7 Å². The third-order valence-electron chi connectivity index (χ3n) is 7.69. The molecule has 9 heteroatoms. The Bertz CT molecular complexity index is 1420. The van der Waals surface area contributed by atoms with Gasteiger partial charge in [0.05, 0.1) is 12.2 Å². The minimum atomic E-state index is -1.99. The first-order chi connectivity index (χ1) is 18.0. The van der Waals surface area contributed by atoms with Crippen LogP contribution in [0.3, 0.4) is 0 Å². The summed E-state index contributed by atoms with van der Waals surface area (Å²) in [5.74, 6) is -1.93. The van der Waals surface area contributed by atoms with Gasteiger partial charge in [-0.15, -0.1) is 0 Å². The van der Waals surface area contributed by atoms with Gasteiger partial charge in [0.25, 0.3) is 5.91 Å². The monoisotopic (exact) mass is 557 g/mol. The molecule has 0 saturated carbocycles. The highest BCUT2D eigenvalue weighted by Gasteiger charge is 2.47. The SMILES string of the molecule is CC(C)CC1(C)OC(=O)c2c1oc1c(C(=O)NCCO[Si](C)(C)C(C)(C)C)cc(-c3cc(F)cc(F)c3)cc21. The van der Waals surface area contributed by atoms with Gasteiger partial charge >= 0.3 is 5.97 Å². The van der Waals surface area contributed by atoms with Crippen LogP contribution in [0.1, 0.15) is 74.4 Å². The molecule has 39 heavy (non-hydrogen) atoms. The zero-order valence-corrected chi connectivity index (χ0v) is 24.9. The lowest BCUT2D eigenvalue weighted by Gasteiger charge is -2.36. The summed E-state index contributed by atoms with van der Waals surface area (Å²) in [4.78, 5) is 26.5. The molecule has 1 aliphatic heterocycles. The van der Waals surface area contributed by atoms with E-state index >= 15 is 0 Å². The molecule has 1 aliphatic rings. The highest BCUT2D eigenvalue weighted by molar-refractivity contribution is 6.74. The lowest BCUT2D eigenvalue weighted by molar-refractivity contribution is -0.0170. The molecule has 0 radical (unpaired) electrons. The van der Waals surface area contributed by atoms with Crippen molar-refractivity contribution in [1.29, 1.82) is 0 Å². The Balaban J connectivity index is 1.76. The van der Waals surface area contributed by atoms with Crippen LogP contribution in [0.25, 0.3) is 22.1 Å². The third-order valence-corrected chi connectivity index (χ3v) is 12.2. The van der Waals surface area contributed by atoms with Gasteiger partial charge in [0.1, 0.15) is 22.8 Å². The number of carbonyl (C=O) groups is 2. The van der Waals surface area contributed by atoms with Crippen molar-refractivity contribution in [3.05, 3.63) is 58.9 Å². The summed E-state index contributed by atoms with van der Waals surface area (Å²) in [6.45, 7) is 17.1. The molecule has 0 aliphatic carbocycles. The number of hydrogen-bond acceptors (Lipinski definition) is 5. The fourth-order valence-corrected chi connectivity index (χ4v) is 5.87. The van der Waals surface area contributed by atoms with Crippen molar-refractivity contribution in [3.8, 4) is 11.1 Å². The molecular formula is C30H37F2NO5Si.